The van der Waals surface area contributed by atoms with Gasteiger partial charge in [0.05, 0.1) is 12.2 Å². The highest BCUT2D eigenvalue weighted by Gasteiger charge is 2.62. The zero-order chi connectivity index (χ0) is 25.8. The lowest BCUT2D eigenvalue weighted by Gasteiger charge is -2.62. The van der Waals surface area contributed by atoms with Gasteiger partial charge in [-0.05, 0) is 104 Å². The first kappa shape index (κ1) is 26.6. The van der Waals surface area contributed by atoms with Crippen LogP contribution in [-0.2, 0) is 4.79 Å². The first-order chi connectivity index (χ1) is 17.0. The molecule has 0 aliphatic heterocycles. The number of aliphatic hydroxyl groups is 2. The van der Waals surface area contributed by atoms with Gasteiger partial charge >= 0.3 is 0 Å². The number of anilines is 1. The predicted octanol–water partition coefficient (Wildman–Crippen LogP) is 6.01. The molecular weight excluding hydrogens is 470 g/mol. The van der Waals surface area contributed by atoms with Crippen molar-refractivity contribution in [3.05, 3.63) is 5.01 Å². The fourth-order valence-electron chi connectivity index (χ4n) is 9.44. The molecule has 0 saturated heterocycles. The number of nitrogens with zero attached hydrogens (tertiary/aromatic N) is 2. The number of carbonyl (C=O) groups is 1. The summed E-state index contributed by atoms with van der Waals surface area (Å²) in [5.74, 6) is 3.47. The van der Waals surface area contributed by atoms with Crippen molar-refractivity contribution in [1.29, 1.82) is 0 Å². The Morgan fingerprint density at radius 1 is 1.03 bits per heavy atom. The minimum atomic E-state index is -0.231. The molecule has 0 aromatic carbocycles. The summed E-state index contributed by atoms with van der Waals surface area (Å²) in [6.07, 6.45) is 9.64. The van der Waals surface area contributed by atoms with Crippen LogP contribution in [0.2, 0.25) is 0 Å². The van der Waals surface area contributed by atoms with Crippen molar-refractivity contribution < 1.29 is 15.0 Å². The first-order valence-corrected chi connectivity index (χ1v) is 15.3. The molecule has 5 rings (SSSR count). The summed E-state index contributed by atoms with van der Waals surface area (Å²) in [6, 6.07) is 0. The Labute approximate surface area is 221 Å². The van der Waals surface area contributed by atoms with Crippen molar-refractivity contribution >= 4 is 22.4 Å². The number of nitrogens with one attached hydrogen (secondary N) is 1. The van der Waals surface area contributed by atoms with Gasteiger partial charge < -0.3 is 15.5 Å². The Kier molecular flexibility index (Phi) is 7.32. The molecule has 6 nitrogen and oxygen atoms in total. The number of carbonyl (C=O) groups excluding carboxylic acids is 1. The summed E-state index contributed by atoms with van der Waals surface area (Å²) in [6.45, 7) is 11.5. The lowest BCUT2D eigenvalue weighted by molar-refractivity contribution is -0.174. The van der Waals surface area contributed by atoms with Crippen LogP contribution in [0.3, 0.4) is 0 Å². The zero-order valence-electron chi connectivity index (χ0n) is 22.9. The maximum atomic E-state index is 12.7. The smallest absolute Gasteiger partial charge is 0.226 e. The molecule has 7 heteroatoms. The molecule has 4 saturated carbocycles. The minimum absolute atomic E-state index is 0.0397. The van der Waals surface area contributed by atoms with E-state index in [9.17, 15) is 15.0 Å². The topological polar surface area (TPSA) is 95.3 Å². The Hall–Kier alpha value is -1.05. The Balaban J connectivity index is 1.22. The number of aliphatic hydroxyl groups excluding tert-OH is 2. The molecule has 1 heterocycles. The van der Waals surface area contributed by atoms with Gasteiger partial charge in [-0.25, -0.2) is 0 Å². The number of hydrogen-bond donors (Lipinski definition) is 3. The summed E-state index contributed by atoms with van der Waals surface area (Å²) in [4.78, 5) is 12.7. The maximum Gasteiger partial charge on any atom is 0.226 e. The number of fused-ring (bicyclic) bond motifs is 5. The quantitative estimate of drug-likeness (QED) is 0.430. The van der Waals surface area contributed by atoms with Gasteiger partial charge in [0, 0.05) is 12.3 Å². The summed E-state index contributed by atoms with van der Waals surface area (Å²) < 4.78 is 0. The van der Waals surface area contributed by atoms with Crippen LogP contribution in [0.5, 0.6) is 0 Å². The highest BCUT2D eigenvalue weighted by molar-refractivity contribution is 7.15. The van der Waals surface area contributed by atoms with Crippen molar-refractivity contribution in [2.45, 2.75) is 117 Å². The molecule has 0 bridgehead atoms. The number of hydrogen-bond acceptors (Lipinski definition) is 6. The average molecular weight is 518 g/mol. The number of rotatable bonds is 6. The highest BCUT2D eigenvalue weighted by Crippen LogP contribution is 2.68. The van der Waals surface area contributed by atoms with E-state index >= 15 is 0 Å². The number of aromatic nitrogens is 2. The van der Waals surface area contributed by atoms with Gasteiger partial charge in [-0.1, -0.05) is 46.0 Å². The second-order valence-electron chi connectivity index (χ2n) is 13.6. The van der Waals surface area contributed by atoms with Gasteiger partial charge in [0.2, 0.25) is 11.0 Å². The van der Waals surface area contributed by atoms with E-state index in [0.29, 0.717) is 53.0 Å². The third-order valence-electron chi connectivity index (χ3n) is 11.4. The molecule has 4 aliphatic carbocycles. The molecule has 1 aromatic heterocycles. The third-order valence-corrected chi connectivity index (χ3v) is 12.6. The fourth-order valence-corrected chi connectivity index (χ4v) is 10.2. The van der Waals surface area contributed by atoms with Crippen molar-refractivity contribution in [1.82, 2.24) is 10.2 Å². The van der Waals surface area contributed by atoms with Gasteiger partial charge in [-0.2, -0.15) is 0 Å². The summed E-state index contributed by atoms with van der Waals surface area (Å²) >= 11 is 1.47. The molecular formula is C29H47N3O3S. The van der Waals surface area contributed by atoms with Gasteiger partial charge in [0.25, 0.3) is 0 Å². The third kappa shape index (κ3) is 4.55. The molecule has 1 amide bonds. The van der Waals surface area contributed by atoms with Crippen LogP contribution in [-0.4, -0.2) is 38.5 Å². The zero-order valence-corrected chi connectivity index (χ0v) is 23.7. The van der Waals surface area contributed by atoms with Gasteiger partial charge in [0.15, 0.2) is 0 Å². The SMILES string of the molecule is CC(C)c1nnc(NC(=O)CC[C@@H](C)[C@@H]2CC[C@@H]3[C@@H]4[C@@H](CC[C@@]32C)[C@@]2(C)CC[C@@H](O)C[C@@H]2C[C@@H]4O)s1. The molecule has 4 fully saturated rings. The van der Waals surface area contributed by atoms with Crippen LogP contribution in [0.25, 0.3) is 0 Å². The van der Waals surface area contributed by atoms with Gasteiger partial charge in [0.1, 0.15) is 5.01 Å². The molecule has 10 atom stereocenters. The molecule has 36 heavy (non-hydrogen) atoms. The molecule has 0 radical (unpaired) electrons. The summed E-state index contributed by atoms with van der Waals surface area (Å²) in [5, 5.41) is 34.6. The lowest BCUT2D eigenvalue weighted by Crippen LogP contribution is -2.58. The van der Waals surface area contributed by atoms with Gasteiger partial charge in [-0.3, -0.25) is 4.79 Å². The molecule has 4 aliphatic rings. The molecule has 0 unspecified atom stereocenters. The standard InChI is InChI=1S/C29H47N3O3S/c1-16(2)26-31-32-27(36-26)30-24(35)9-6-17(3)20-7-8-21-25-22(11-13-29(20,21)5)28(4)12-10-19(33)14-18(28)15-23(25)34/h16-23,25,33-34H,6-15H2,1-5H3,(H,30,32,35)/t17-,18-,19-,20+,21-,22-,23+,25-,28+,29-/m1/s1. The Morgan fingerprint density at radius 3 is 2.47 bits per heavy atom. The monoisotopic (exact) mass is 517 g/mol. The molecule has 3 N–H and O–H groups in total. The van der Waals surface area contributed by atoms with Crippen LogP contribution < -0.4 is 5.32 Å². The van der Waals surface area contributed by atoms with Crippen molar-refractivity contribution in [2.75, 3.05) is 5.32 Å². The van der Waals surface area contributed by atoms with E-state index in [4.69, 9.17) is 0 Å². The second kappa shape index (κ2) is 9.92. The van der Waals surface area contributed by atoms with Crippen LogP contribution in [0.1, 0.15) is 110 Å². The Bertz CT molecular complexity index is 952. The van der Waals surface area contributed by atoms with Crippen LogP contribution in [0.4, 0.5) is 5.13 Å². The number of amides is 1. The average Bonchev–Trinajstić information content (AvgIpc) is 3.43. The van der Waals surface area contributed by atoms with E-state index in [0.717, 1.165) is 37.1 Å². The van der Waals surface area contributed by atoms with E-state index < -0.39 is 0 Å². The second-order valence-corrected chi connectivity index (χ2v) is 14.6. The van der Waals surface area contributed by atoms with Crippen molar-refractivity contribution in [3.8, 4) is 0 Å². The molecule has 1 aromatic rings. The maximum absolute atomic E-state index is 12.7. The summed E-state index contributed by atoms with van der Waals surface area (Å²) in [5.41, 5.74) is 0.521. The van der Waals surface area contributed by atoms with Crippen molar-refractivity contribution in [2.24, 2.45) is 46.3 Å². The normalized spacial score (nSPS) is 42.9. The van der Waals surface area contributed by atoms with E-state index in [2.05, 4.69) is 50.1 Å². The predicted molar refractivity (Wildman–Crippen MR) is 144 cm³/mol. The largest absolute Gasteiger partial charge is 0.393 e. The van der Waals surface area contributed by atoms with Crippen LogP contribution in [0.15, 0.2) is 0 Å². The molecule has 202 valence electrons. The van der Waals surface area contributed by atoms with Crippen LogP contribution in [0, 0.1) is 46.3 Å². The van der Waals surface area contributed by atoms with Crippen LogP contribution >= 0.6 is 11.3 Å². The minimum Gasteiger partial charge on any atom is -0.393 e. The lowest BCUT2D eigenvalue weighted by atomic mass is 9.43. The summed E-state index contributed by atoms with van der Waals surface area (Å²) in [7, 11) is 0. The van der Waals surface area contributed by atoms with E-state index in [1.807, 2.05) is 0 Å². The fraction of sp³-hybridized carbons (Fsp3) is 0.897. The molecule has 0 spiro atoms. The van der Waals surface area contributed by atoms with Gasteiger partial charge in [-0.15, -0.1) is 10.2 Å². The van der Waals surface area contributed by atoms with E-state index in [-0.39, 0.29) is 28.9 Å². The van der Waals surface area contributed by atoms with E-state index in [1.54, 1.807) is 0 Å². The highest BCUT2D eigenvalue weighted by atomic mass is 32.1. The van der Waals surface area contributed by atoms with E-state index in [1.165, 1.54) is 37.0 Å². The first-order valence-electron chi connectivity index (χ1n) is 14.5. The Morgan fingerprint density at radius 2 is 1.75 bits per heavy atom. The van der Waals surface area contributed by atoms with Crippen molar-refractivity contribution in [3.63, 3.8) is 0 Å².